The molecule has 2 unspecified atom stereocenters. The van der Waals surface area contributed by atoms with Crippen LogP contribution in [0.1, 0.15) is 118 Å². The molecule has 0 aromatic heterocycles. The van der Waals surface area contributed by atoms with Gasteiger partial charge < -0.3 is 24.1 Å². The van der Waals surface area contributed by atoms with Crippen LogP contribution in [-0.2, 0) is 20.8 Å². The molecule has 1 aromatic carbocycles. The first-order chi connectivity index (χ1) is 20.4. The summed E-state index contributed by atoms with van der Waals surface area (Å²) < 4.78 is 23.3. The Bertz CT molecular complexity index is 1060. The molecule has 0 bridgehead atoms. The molecule has 43 heavy (non-hydrogen) atoms. The van der Waals surface area contributed by atoms with E-state index in [1.54, 1.807) is 26.9 Å². The van der Waals surface area contributed by atoms with Gasteiger partial charge in [-0.1, -0.05) is 71.6 Å². The molecule has 0 radical (unpaired) electrons. The van der Waals surface area contributed by atoms with Gasteiger partial charge in [-0.3, -0.25) is 0 Å². The first-order valence-electron chi connectivity index (χ1n) is 17.1. The smallest absolute Gasteiger partial charge is 0.157 e. The first kappa shape index (κ1) is 34.5. The Morgan fingerprint density at radius 1 is 0.884 bits per heavy atom. The lowest BCUT2D eigenvalue weighted by Crippen LogP contribution is -2.57. The standard InChI is InChI=1S/C38H62O5/c1-26(2)11-10-12-27(3)34(24-35(41-8)42-9)37(5)22-20-32-33(38(37,6)39)18-15-29-23-31(19-21-36(29,32)4)43-25-28-13-16-30(40-7)17-14-28/h13-14,16-17,26-27,29,31,34-35,39H,10-12,15,18-25H2,1-9H3/t27-,29?,31+,34-,36+,37-,38?/m1/s1. The van der Waals surface area contributed by atoms with E-state index >= 15 is 0 Å². The maximum atomic E-state index is 12.7. The van der Waals surface area contributed by atoms with E-state index in [4.69, 9.17) is 18.9 Å². The monoisotopic (exact) mass is 598 g/mol. The summed E-state index contributed by atoms with van der Waals surface area (Å²) in [5.74, 6) is 3.00. The lowest BCUT2D eigenvalue weighted by Gasteiger charge is -2.60. The van der Waals surface area contributed by atoms with Gasteiger partial charge in [-0.15, -0.1) is 0 Å². The summed E-state index contributed by atoms with van der Waals surface area (Å²) in [6.07, 6.45) is 12.1. The number of ether oxygens (including phenoxy) is 4. The number of allylic oxidation sites excluding steroid dienone is 1. The molecule has 0 saturated heterocycles. The van der Waals surface area contributed by atoms with Gasteiger partial charge in [-0.2, -0.15) is 0 Å². The van der Waals surface area contributed by atoms with Gasteiger partial charge in [0.25, 0.3) is 0 Å². The van der Waals surface area contributed by atoms with E-state index in [1.165, 1.54) is 30.4 Å². The molecule has 5 heteroatoms. The van der Waals surface area contributed by atoms with Crippen molar-refractivity contribution < 1.29 is 24.1 Å². The Kier molecular flexibility index (Phi) is 11.5. The van der Waals surface area contributed by atoms with Gasteiger partial charge in [0.05, 0.1) is 25.4 Å². The van der Waals surface area contributed by atoms with Gasteiger partial charge in [0.1, 0.15) is 5.75 Å². The van der Waals surface area contributed by atoms with E-state index in [9.17, 15) is 5.11 Å². The predicted molar refractivity (Wildman–Crippen MR) is 175 cm³/mol. The van der Waals surface area contributed by atoms with Gasteiger partial charge in [-0.25, -0.2) is 0 Å². The molecule has 0 spiro atoms. The first-order valence-corrected chi connectivity index (χ1v) is 17.1. The van der Waals surface area contributed by atoms with E-state index in [0.29, 0.717) is 30.5 Å². The topological polar surface area (TPSA) is 57.2 Å². The van der Waals surface area contributed by atoms with Crippen LogP contribution in [0.2, 0.25) is 0 Å². The highest BCUT2D eigenvalue weighted by atomic mass is 16.7. The fourth-order valence-corrected chi connectivity index (χ4v) is 9.25. The van der Waals surface area contributed by atoms with Crippen LogP contribution in [0.4, 0.5) is 0 Å². The van der Waals surface area contributed by atoms with Gasteiger partial charge in [0.2, 0.25) is 0 Å². The Balaban J connectivity index is 1.51. The Labute approximate surface area is 263 Å². The van der Waals surface area contributed by atoms with Crippen molar-refractivity contribution in [3.8, 4) is 5.75 Å². The molecule has 1 aromatic rings. The summed E-state index contributed by atoms with van der Waals surface area (Å²) in [6.45, 7) is 14.7. The molecule has 3 aliphatic rings. The van der Waals surface area contributed by atoms with E-state index in [0.717, 1.165) is 63.0 Å². The molecule has 4 rings (SSSR count). The summed E-state index contributed by atoms with van der Waals surface area (Å²) in [6, 6.07) is 8.22. The molecule has 244 valence electrons. The molecule has 0 amide bonds. The summed E-state index contributed by atoms with van der Waals surface area (Å²) in [4.78, 5) is 0. The maximum absolute atomic E-state index is 12.7. The van der Waals surface area contributed by atoms with Crippen molar-refractivity contribution in [3.05, 3.63) is 41.0 Å². The largest absolute Gasteiger partial charge is 0.497 e. The molecular weight excluding hydrogens is 536 g/mol. The van der Waals surface area contributed by atoms with Crippen molar-refractivity contribution >= 4 is 0 Å². The van der Waals surface area contributed by atoms with Gasteiger partial charge in [0, 0.05) is 26.1 Å². The lowest BCUT2D eigenvalue weighted by molar-refractivity contribution is -0.157. The molecule has 3 aliphatic carbocycles. The number of aliphatic hydroxyl groups is 1. The van der Waals surface area contributed by atoms with Crippen molar-refractivity contribution in [3.63, 3.8) is 0 Å². The summed E-state index contributed by atoms with van der Waals surface area (Å²) in [5, 5.41) is 12.7. The summed E-state index contributed by atoms with van der Waals surface area (Å²) >= 11 is 0. The third-order valence-corrected chi connectivity index (χ3v) is 12.4. The number of methoxy groups -OCH3 is 3. The number of hydrogen-bond donors (Lipinski definition) is 1. The second-order valence-corrected chi connectivity index (χ2v) is 15.2. The summed E-state index contributed by atoms with van der Waals surface area (Å²) in [5.41, 5.74) is 3.19. The second-order valence-electron chi connectivity index (χ2n) is 15.2. The fraction of sp³-hybridized carbons (Fsp3) is 0.789. The molecule has 1 N–H and O–H groups in total. The average molecular weight is 599 g/mol. The summed E-state index contributed by atoms with van der Waals surface area (Å²) in [7, 11) is 5.19. The molecule has 1 fully saturated rings. The van der Waals surface area contributed by atoms with Crippen molar-refractivity contribution in [1.82, 2.24) is 0 Å². The Morgan fingerprint density at radius 3 is 2.21 bits per heavy atom. The van der Waals surface area contributed by atoms with Crippen LogP contribution in [-0.4, -0.2) is 44.4 Å². The maximum Gasteiger partial charge on any atom is 0.157 e. The Morgan fingerprint density at radius 2 is 1.58 bits per heavy atom. The quantitative estimate of drug-likeness (QED) is 0.171. The van der Waals surface area contributed by atoms with Crippen molar-refractivity contribution in [2.24, 2.45) is 34.5 Å². The number of fused-ring (bicyclic) bond motifs is 2. The zero-order valence-electron chi connectivity index (χ0n) is 28.8. The van der Waals surface area contributed by atoms with Crippen LogP contribution in [0.3, 0.4) is 0 Å². The van der Waals surface area contributed by atoms with E-state index in [-0.39, 0.29) is 17.1 Å². The lowest BCUT2D eigenvalue weighted by atomic mass is 9.47. The SMILES string of the molecule is COc1ccc(CO[C@H]2CC[C@]3(C)C4=C(CCC3C2)C(C)(O)[C@@](C)([C@H](CC(OC)OC)[C@H](C)CCCC(C)C)CC4)cc1. The average Bonchev–Trinajstić information content (AvgIpc) is 2.98. The van der Waals surface area contributed by atoms with Gasteiger partial charge in [0.15, 0.2) is 6.29 Å². The molecule has 1 saturated carbocycles. The highest BCUT2D eigenvalue weighted by molar-refractivity contribution is 5.38. The normalized spacial score (nSPS) is 32.5. The van der Waals surface area contributed by atoms with E-state index < -0.39 is 5.60 Å². The van der Waals surface area contributed by atoms with Crippen LogP contribution < -0.4 is 4.74 Å². The van der Waals surface area contributed by atoms with Crippen molar-refractivity contribution in [2.45, 2.75) is 137 Å². The number of benzene rings is 1. The van der Waals surface area contributed by atoms with Crippen LogP contribution >= 0.6 is 0 Å². The van der Waals surface area contributed by atoms with Crippen molar-refractivity contribution in [2.75, 3.05) is 21.3 Å². The van der Waals surface area contributed by atoms with Crippen LogP contribution in [0.15, 0.2) is 35.4 Å². The van der Waals surface area contributed by atoms with E-state index in [1.807, 2.05) is 12.1 Å². The zero-order chi connectivity index (χ0) is 31.4. The number of rotatable bonds is 14. The van der Waals surface area contributed by atoms with Gasteiger partial charge in [-0.05, 0) is 104 Å². The van der Waals surface area contributed by atoms with Crippen LogP contribution in [0, 0.1) is 34.5 Å². The molecule has 0 heterocycles. The van der Waals surface area contributed by atoms with Crippen LogP contribution in [0.5, 0.6) is 5.75 Å². The number of hydrogen-bond acceptors (Lipinski definition) is 5. The molecule has 5 nitrogen and oxygen atoms in total. The minimum Gasteiger partial charge on any atom is -0.497 e. The van der Waals surface area contributed by atoms with Crippen molar-refractivity contribution in [1.29, 1.82) is 0 Å². The highest BCUT2D eigenvalue weighted by Gasteiger charge is 2.58. The zero-order valence-corrected chi connectivity index (χ0v) is 28.8. The van der Waals surface area contributed by atoms with Crippen LogP contribution in [0.25, 0.3) is 0 Å². The Hall–Kier alpha value is -1.40. The second kappa shape index (κ2) is 14.4. The molecular formula is C38H62O5. The fourth-order valence-electron chi connectivity index (χ4n) is 9.25. The third kappa shape index (κ3) is 7.21. The van der Waals surface area contributed by atoms with Gasteiger partial charge >= 0.3 is 0 Å². The highest BCUT2D eigenvalue weighted by Crippen LogP contribution is 2.64. The van der Waals surface area contributed by atoms with E-state index in [2.05, 4.69) is 53.7 Å². The minimum absolute atomic E-state index is 0.152. The third-order valence-electron chi connectivity index (χ3n) is 12.4. The predicted octanol–water partition coefficient (Wildman–Crippen LogP) is 9.12. The molecule has 7 atom stereocenters. The molecule has 0 aliphatic heterocycles. The minimum atomic E-state index is -0.848.